The van der Waals surface area contributed by atoms with Crippen LogP contribution in [0.4, 0.5) is 0 Å². The average Bonchev–Trinajstić information content (AvgIpc) is 2.09. The second-order valence-corrected chi connectivity index (χ2v) is 1.65. The molecule has 82 valence electrons. The van der Waals surface area contributed by atoms with E-state index in [9.17, 15) is 0 Å². The van der Waals surface area contributed by atoms with Crippen molar-refractivity contribution >= 4 is 50.5 Å². The molecule has 11 heteroatoms. The summed E-state index contributed by atoms with van der Waals surface area (Å²) in [6.07, 6.45) is 0. The fourth-order valence-corrected chi connectivity index (χ4v) is 0. The van der Waals surface area contributed by atoms with Gasteiger partial charge in [-0.2, -0.15) is 0 Å². The summed E-state index contributed by atoms with van der Waals surface area (Å²) < 4.78 is 17.1. The van der Waals surface area contributed by atoms with Crippen molar-refractivity contribution in [3.05, 3.63) is 0 Å². The van der Waals surface area contributed by atoms with Gasteiger partial charge in [-0.25, -0.2) is 21.0 Å². The minimum atomic E-state index is -2.25. The molecule has 0 rings (SSSR count). The molecule has 6 nitrogen and oxygen atoms in total. The Labute approximate surface area is 118 Å². The predicted molar refractivity (Wildman–Crippen MR) is 53.3 cm³/mol. The Morgan fingerprint density at radius 2 is 0.667 bits per heavy atom. The molecule has 0 N–H and O–H groups in total. The second-order valence-electron chi connectivity index (χ2n) is 0.433. The van der Waals surface area contributed by atoms with Crippen LogP contribution in [0, 0.1) is 42.7 Å². The van der Waals surface area contributed by atoms with E-state index in [1.54, 1.807) is 0 Å². The third-order valence-electron chi connectivity index (χ3n) is 0. The number of nitriles is 4. The molecule has 0 radical (unpaired) electrons. The van der Waals surface area contributed by atoms with Gasteiger partial charge in [0.15, 0.2) is 0 Å². The molecular weight excluding hydrogens is 448 g/mol. The second kappa shape index (κ2) is 113. The van der Waals surface area contributed by atoms with Gasteiger partial charge in [0.2, 0.25) is 0 Å². The summed E-state index contributed by atoms with van der Waals surface area (Å²) in [5, 5.41) is 33.9. The molecule has 0 unspecified atom stereocenters. The maximum atomic E-state index is 8.54. The van der Waals surface area contributed by atoms with Crippen LogP contribution < -0.4 is 0 Å². The van der Waals surface area contributed by atoms with Crippen LogP contribution in [-0.4, -0.2) is 0 Å². The topological polar surface area (TPSA) is 129 Å². The molecule has 0 aromatic carbocycles. The van der Waals surface area contributed by atoms with Crippen LogP contribution in [-0.2, 0) is 75.8 Å². The van der Waals surface area contributed by atoms with E-state index in [2.05, 4.69) is 50.5 Å². The van der Waals surface area contributed by atoms with Crippen molar-refractivity contribution in [3.8, 4) is 21.6 Å². The Balaban J connectivity index is -0.0000000278. The molecule has 0 saturated heterocycles. The first kappa shape index (κ1) is 29.2. The van der Waals surface area contributed by atoms with Crippen molar-refractivity contribution in [3.63, 3.8) is 0 Å². The van der Waals surface area contributed by atoms with E-state index in [0.717, 1.165) is 0 Å². The van der Waals surface area contributed by atoms with Crippen LogP contribution in [0.25, 0.3) is 0 Å². The van der Waals surface area contributed by atoms with Crippen LogP contribution in [0.15, 0.2) is 0 Å². The predicted octanol–water partition coefficient (Wildman–Crippen LogP) is -0.183. The standard InChI is InChI=1S/4CHNS.2O.W/c4*2-1-3;;;/h4*3H;;;/p-4. The van der Waals surface area contributed by atoms with Crippen molar-refractivity contribution in [1.29, 1.82) is 21.0 Å². The van der Waals surface area contributed by atoms with E-state index in [-0.39, 0.29) is 0 Å². The SMILES string of the molecule is N#C[S-].N#C[S-].N#C[S-].N#C[S-].[O]=[W]=[O]. The summed E-state index contributed by atoms with van der Waals surface area (Å²) in [7, 11) is 0. The van der Waals surface area contributed by atoms with Gasteiger partial charge in [0.05, 0.1) is 0 Å². The quantitative estimate of drug-likeness (QED) is 0.363. The maximum absolute atomic E-state index is 8.54. The Bertz CT molecular complexity index is 231. The number of hydrogen-bond acceptors (Lipinski definition) is 10. The van der Waals surface area contributed by atoms with Crippen LogP contribution in [0.1, 0.15) is 0 Å². The molecule has 15 heavy (non-hydrogen) atoms. The molecule has 0 aliphatic rings. The molecule has 0 aliphatic heterocycles. The summed E-state index contributed by atoms with van der Waals surface area (Å²) in [6, 6.07) is 0. The van der Waals surface area contributed by atoms with Gasteiger partial charge in [0.1, 0.15) is 0 Å². The van der Waals surface area contributed by atoms with Crippen molar-refractivity contribution in [2.45, 2.75) is 0 Å². The van der Waals surface area contributed by atoms with Crippen molar-refractivity contribution in [2.75, 3.05) is 0 Å². The zero-order valence-electron chi connectivity index (χ0n) is 6.65. The third-order valence-corrected chi connectivity index (χ3v) is 0. The number of thiocyanates is 4. The average molecular weight is 448 g/mol. The summed E-state index contributed by atoms with van der Waals surface area (Å²) in [5.41, 5.74) is 0. The molecule has 0 spiro atoms. The van der Waals surface area contributed by atoms with Crippen molar-refractivity contribution in [2.24, 2.45) is 0 Å². The van der Waals surface area contributed by atoms with Crippen molar-refractivity contribution < 1.29 is 25.3 Å². The fraction of sp³-hybridized carbons (Fsp3) is 0. The monoisotopic (exact) mass is 448 g/mol. The molecule has 0 atom stereocenters. The molecule has 0 aromatic heterocycles. The van der Waals surface area contributed by atoms with Crippen molar-refractivity contribution in [1.82, 2.24) is 0 Å². The molecule has 0 bridgehead atoms. The van der Waals surface area contributed by atoms with E-state index < -0.39 is 18.5 Å². The molecule has 0 fully saturated rings. The molecular formula is C4N4O2S4W-4. The van der Waals surface area contributed by atoms with Crippen LogP contribution in [0.3, 0.4) is 0 Å². The van der Waals surface area contributed by atoms with Crippen LogP contribution in [0.2, 0.25) is 0 Å². The van der Waals surface area contributed by atoms with Gasteiger partial charge in [-0.05, 0) is 0 Å². The van der Waals surface area contributed by atoms with E-state index in [1.165, 1.54) is 21.6 Å². The number of nitrogens with zero attached hydrogens (tertiary/aromatic N) is 4. The van der Waals surface area contributed by atoms with Gasteiger partial charge >= 0.3 is 25.3 Å². The Hall–Kier alpha value is -0.872. The first-order valence-corrected chi connectivity index (χ1v) is 6.07. The zero-order valence-corrected chi connectivity index (χ0v) is 12.8. The van der Waals surface area contributed by atoms with E-state index in [0.29, 0.717) is 0 Å². The van der Waals surface area contributed by atoms with Gasteiger partial charge in [0, 0.05) is 0 Å². The zero-order chi connectivity index (χ0) is 13.5. The first-order valence-electron chi connectivity index (χ1n) is 2.04. The molecule has 0 saturated carbocycles. The summed E-state index contributed by atoms with van der Waals surface area (Å²) in [5.74, 6) is 0. The van der Waals surface area contributed by atoms with Crippen LogP contribution in [0.5, 0.6) is 0 Å². The van der Waals surface area contributed by atoms with E-state index in [4.69, 9.17) is 27.8 Å². The van der Waals surface area contributed by atoms with Gasteiger partial charge in [-0.3, -0.25) is 0 Å². The van der Waals surface area contributed by atoms with Gasteiger partial charge in [0.25, 0.3) is 0 Å². The van der Waals surface area contributed by atoms with E-state index in [1.807, 2.05) is 0 Å². The molecule has 0 amide bonds. The van der Waals surface area contributed by atoms with E-state index >= 15 is 0 Å². The number of rotatable bonds is 0. The van der Waals surface area contributed by atoms with Crippen LogP contribution >= 0.6 is 0 Å². The van der Waals surface area contributed by atoms with Gasteiger partial charge < -0.3 is 50.5 Å². The minimum absolute atomic E-state index is 1.33. The molecule has 0 aromatic rings. The fourth-order valence-electron chi connectivity index (χ4n) is 0. The third kappa shape index (κ3) is 2140. The first-order chi connectivity index (χ1) is 7.07. The van der Waals surface area contributed by atoms with Gasteiger partial charge in [-0.15, -0.1) is 0 Å². The summed E-state index contributed by atoms with van der Waals surface area (Å²) in [4.78, 5) is 0. The Morgan fingerprint density at radius 3 is 0.667 bits per heavy atom. The number of hydrogen-bond donors (Lipinski definition) is 0. The Morgan fingerprint density at radius 1 is 0.667 bits per heavy atom. The Kier molecular flexibility index (Phi) is 221. The summed E-state index contributed by atoms with van der Waals surface area (Å²) in [6.45, 7) is 0. The molecule has 0 heterocycles. The van der Waals surface area contributed by atoms with Gasteiger partial charge in [-0.1, -0.05) is 21.6 Å². The summed E-state index contributed by atoms with van der Waals surface area (Å²) >= 11 is 12.5. The normalized spacial score (nSPS) is 2.67. The molecule has 0 aliphatic carbocycles.